The summed E-state index contributed by atoms with van der Waals surface area (Å²) in [5.74, 6) is -0.117. The van der Waals surface area contributed by atoms with Crippen molar-refractivity contribution in [2.45, 2.75) is 51.1 Å². The molecule has 0 fully saturated rings. The molecule has 0 aromatic heterocycles. The SMILES string of the molecule is CCOC(=O)N1c2cc(OC)c(OC)cc2[C@@H](N(C)C(=O)Cc2cc(C(F)(F)F)cc(C(F)(F)F)c2)C[C@H]1C. The number of ether oxygens (including phenoxy) is 3. The van der Waals surface area contributed by atoms with Crippen LogP contribution in [0.4, 0.5) is 36.8 Å². The average Bonchev–Trinajstić information content (AvgIpc) is 2.85. The van der Waals surface area contributed by atoms with Crippen molar-refractivity contribution in [2.24, 2.45) is 0 Å². The van der Waals surface area contributed by atoms with Crippen molar-refractivity contribution in [1.82, 2.24) is 4.90 Å². The van der Waals surface area contributed by atoms with Gasteiger partial charge in [-0.05, 0) is 50.1 Å². The summed E-state index contributed by atoms with van der Waals surface area (Å²) in [7, 11) is 4.20. The second-order valence-electron chi connectivity index (χ2n) is 9.03. The normalized spacial score (nSPS) is 17.4. The highest BCUT2D eigenvalue weighted by molar-refractivity contribution is 5.91. The highest BCUT2D eigenvalue weighted by atomic mass is 19.4. The van der Waals surface area contributed by atoms with E-state index in [2.05, 4.69) is 0 Å². The van der Waals surface area contributed by atoms with Crippen LogP contribution in [0.25, 0.3) is 0 Å². The first-order valence-corrected chi connectivity index (χ1v) is 11.9. The zero-order valence-electron chi connectivity index (χ0n) is 21.9. The van der Waals surface area contributed by atoms with Gasteiger partial charge in [0, 0.05) is 24.7 Å². The minimum absolute atomic E-state index is 0.0143. The molecule has 0 saturated carbocycles. The summed E-state index contributed by atoms with van der Waals surface area (Å²) < 4.78 is 95.7. The molecule has 0 N–H and O–H groups in total. The Balaban J connectivity index is 2.03. The van der Waals surface area contributed by atoms with Crippen LogP contribution in [-0.2, 0) is 28.3 Å². The molecule has 0 radical (unpaired) electrons. The quantitative estimate of drug-likeness (QED) is 0.390. The zero-order valence-corrected chi connectivity index (χ0v) is 21.9. The Labute approximate surface area is 221 Å². The van der Waals surface area contributed by atoms with Gasteiger partial charge in [-0.1, -0.05) is 0 Å². The molecule has 2 aromatic rings. The molecule has 2 aromatic carbocycles. The molecule has 0 unspecified atom stereocenters. The lowest BCUT2D eigenvalue weighted by atomic mass is 9.90. The Morgan fingerprint density at radius 3 is 1.97 bits per heavy atom. The minimum atomic E-state index is -5.03. The number of likely N-dealkylation sites (N-methyl/N-ethyl adjacent to an activating group) is 1. The number of rotatable bonds is 6. The Morgan fingerprint density at radius 2 is 1.49 bits per heavy atom. The molecule has 0 saturated heterocycles. The molecule has 13 heteroatoms. The molecule has 0 bridgehead atoms. The van der Waals surface area contributed by atoms with Crippen molar-refractivity contribution in [3.8, 4) is 11.5 Å². The number of hydrogen-bond acceptors (Lipinski definition) is 5. The predicted octanol–water partition coefficient (Wildman–Crippen LogP) is 6.24. The number of methoxy groups -OCH3 is 2. The fourth-order valence-corrected chi connectivity index (χ4v) is 4.58. The van der Waals surface area contributed by atoms with Gasteiger partial charge in [0.25, 0.3) is 0 Å². The average molecular weight is 563 g/mol. The van der Waals surface area contributed by atoms with Crippen LogP contribution in [-0.4, -0.2) is 50.8 Å². The summed E-state index contributed by atoms with van der Waals surface area (Å²) >= 11 is 0. The number of carbonyl (C=O) groups excluding carboxylic acids is 2. The van der Waals surface area contributed by atoms with E-state index in [9.17, 15) is 35.9 Å². The number of benzene rings is 2. The lowest BCUT2D eigenvalue weighted by Gasteiger charge is -2.42. The highest BCUT2D eigenvalue weighted by Gasteiger charge is 2.40. The number of alkyl halides is 6. The third-order valence-corrected chi connectivity index (χ3v) is 6.48. The van der Waals surface area contributed by atoms with Crippen molar-refractivity contribution < 1.29 is 50.1 Å². The molecule has 1 aliphatic rings. The van der Waals surface area contributed by atoms with E-state index >= 15 is 0 Å². The molecule has 39 heavy (non-hydrogen) atoms. The summed E-state index contributed by atoms with van der Waals surface area (Å²) in [5.41, 5.74) is -2.59. The number of fused-ring (bicyclic) bond motifs is 1. The number of hydrogen-bond donors (Lipinski definition) is 0. The molecule has 7 nitrogen and oxygen atoms in total. The minimum Gasteiger partial charge on any atom is -0.493 e. The van der Waals surface area contributed by atoms with Gasteiger partial charge in [0.15, 0.2) is 11.5 Å². The van der Waals surface area contributed by atoms with Crippen LogP contribution in [0.2, 0.25) is 0 Å². The number of amides is 2. The van der Waals surface area contributed by atoms with Crippen LogP contribution < -0.4 is 14.4 Å². The van der Waals surface area contributed by atoms with Gasteiger partial charge in [-0.25, -0.2) is 4.79 Å². The van der Waals surface area contributed by atoms with Crippen molar-refractivity contribution in [2.75, 3.05) is 32.8 Å². The molecule has 1 heterocycles. The van der Waals surface area contributed by atoms with E-state index in [4.69, 9.17) is 14.2 Å². The maximum Gasteiger partial charge on any atom is 0.416 e. The summed E-state index contributed by atoms with van der Waals surface area (Å²) in [5, 5.41) is 0. The van der Waals surface area contributed by atoms with Crippen LogP contribution >= 0.6 is 0 Å². The van der Waals surface area contributed by atoms with Gasteiger partial charge in [-0.15, -0.1) is 0 Å². The van der Waals surface area contributed by atoms with Gasteiger partial charge in [-0.3, -0.25) is 9.69 Å². The van der Waals surface area contributed by atoms with E-state index in [1.54, 1.807) is 26.0 Å². The first kappa shape index (κ1) is 29.9. The van der Waals surface area contributed by atoms with Crippen molar-refractivity contribution >= 4 is 17.7 Å². The lowest BCUT2D eigenvalue weighted by Crippen LogP contribution is -2.47. The first-order valence-electron chi connectivity index (χ1n) is 11.9. The summed E-state index contributed by atoms with van der Waals surface area (Å²) in [6.45, 7) is 3.49. The van der Waals surface area contributed by atoms with E-state index in [1.165, 1.54) is 31.1 Å². The van der Waals surface area contributed by atoms with Crippen LogP contribution in [0, 0.1) is 0 Å². The van der Waals surface area contributed by atoms with E-state index in [1.807, 2.05) is 0 Å². The van der Waals surface area contributed by atoms with Crippen LogP contribution in [0.15, 0.2) is 30.3 Å². The van der Waals surface area contributed by atoms with E-state index in [0.717, 1.165) is 0 Å². The largest absolute Gasteiger partial charge is 0.493 e. The van der Waals surface area contributed by atoms with Gasteiger partial charge in [0.1, 0.15) is 0 Å². The molecular weight excluding hydrogens is 534 g/mol. The summed E-state index contributed by atoms with van der Waals surface area (Å²) in [6.07, 6.45) is -11.2. The smallest absolute Gasteiger partial charge is 0.416 e. The molecule has 1 aliphatic heterocycles. The van der Waals surface area contributed by atoms with Gasteiger partial charge < -0.3 is 19.1 Å². The second-order valence-corrected chi connectivity index (χ2v) is 9.03. The number of nitrogens with zero attached hydrogens (tertiary/aromatic N) is 2. The lowest BCUT2D eigenvalue weighted by molar-refractivity contribution is -0.143. The maximum atomic E-state index is 13.3. The maximum absolute atomic E-state index is 13.3. The Bertz CT molecular complexity index is 1200. The summed E-state index contributed by atoms with van der Waals surface area (Å²) in [4.78, 5) is 28.7. The zero-order chi connectivity index (χ0) is 29.3. The standard InChI is InChI=1S/C26H28F6N2O5/c1-6-39-24(36)34-14(2)7-19(18-12-21(37-4)22(38-5)13-20(18)34)33(3)23(35)10-15-8-16(25(27,28)29)11-17(9-15)26(30,31)32/h8-9,11-14,19H,6-7,10H2,1-5H3/t14-,19+/m1/s1. The molecule has 0 aliphatic carbocycles. The molecule has 2 amide bonds. The Hall–Kier alpha value is -3.64. The third-order valence-electron chi connectivity index (χ3n) is 6.48. The van der Waals surface area contributed by atoms with Gasteiger partial charge in [-0.2, -0.15) is 26.3 Å². The second kappa shape index (κ2) is 11.2. The van der Waals surface area contributed by atoms with Crippen molar-refractivity contribution in [1.29, 1.82) is 0 Å². The van der Waals surface area contributed by atoms with Crippen LogP contribution in [0.5, 0.6) is 11.5 Å². The predicted molar refractivity (Wildman–Crippen MR) is 129 cm³/mol. The fourth-order valence-electron chi connectivity index (χ4n) is 4.58. The molecular formula is C26H28F6N2O5. The van der Waals surface area contributed by atoms with E-state index < -0.39 is 59.5 Å². The molecule has 0 spiro atoms. The van der Waals surface area contributed by atoms with Crippen molar-refractivity contribution in [3.05, 3.63) is 52.6 Å². The molecule has 2 atom stereocenters. The number of anilines is 1. The van der Waals surface area contributed by atoms with E-state index in [-0.39, 0.29) is 19.1 Å². The van der Waals surface area contributed by atoms with Gasteiger partial charge in [0.2, 0.25) is 5.91 Å². The molecule has 3 rings (SSSR count). The Morgan fingerprint density at radius 1 is 0.949 bits per heavy atom. The topological polar surface area (TPSA) is 68.3 Å². The highest BCUT2D eigenvalue weighted by Crippen LogP contribution is 2.46. The van der Waals surface area contributed by atoms with Crippen LogP contribution in [0.3, 0.4) is 0 Å². The van der Waals surface area contributed by atoms with Gasteiger partial charge >= 0.3 is 18.4 Å². The number of carbonyl (C=O) groups is 2. The van der Waals surface area contributed by atoms with Crippen molar-refractivity contribution in [3.63, 3.8) is 0 Å². The fraction of sp³-hybridized carbons (Fsp3) is 0.462. The Kier molecular flexibility index (Phi) is 8.61. The van der Waals surface area contributed by atoms with Gasteiger partial charge in [0.05, 0.1) is 50.1 Å². The monoisotopic (exact) mass is 562 g/mol. The summed E-state index contributed by atoms with van der Waals surface area (Å²) in [6, 6.07) is 3.03. The van der Waals surface area contributed by atoms with Crippen LogP contribution in [0.1, 0.15) is 48.6 Å². The third kappa shape index (κ3) is 6.34. The first-order chi connectivity index (χ1) is 18.1. The number of halogens is 6. The van der Waals surface area contributed by atoms with E-state index in [0.29, 0.717) is 34.9 Å². The molecule has 214 valence electrons.